The molecule has 19 heavy (non-hydrogen) atoms. The largest absolute Gasteiger partial charge is 0.481 e. The number of morpholine rings is 1. The molecule has 1 aliphatic rings. The molecule has 1 rings (SSSR count). The summed E-state index contributed by atoms with van der Waals surface area (Å²) in [6.45, 7) is 4.43. The Bertz CT molecular complexity index is 293. The molecule has 8 heteroatoms. The van der Waals surface area contributed by atoms with Gasteiger partial charge >= 0.3 is 12.1 Å². The fraction of sp³-hybridized carbons (Fsp3) is 0.909. The summed E-state index contributed by atoms with van der Waals surface area (Å²) in [7, 11) is 0. The van der Waals surface area contributed by atoms with Crippen molar-refractivity contribution >= 4 is 5.97 Å². The van der Waals surface area contributed by atoms with Gasteiger partial charge in [0.1, 0.15) is 0 Å². The SMILES string of the molecule is CC(CN1CCOCC1)NCC(C(=O)O)C(F)(F)F. The fourth-order valence-corrected chi connectivity index (χ4v) is 1.90. The second-order valence-electron chi connectivity index (χ2n) is 4.65. The molecule has 0 spiro atoms. The molecule has 0 saturated carbocycles. The molecule has 2 N–H and O–H groups in total. The van der Waals surface area contributed by atoms with Crippen molar-refractivity contribution in [2.75, 3.05) is 39.4 Å². The van der Waals surface area contributed by atoms with Crippen LogP contribution in [0.5, 0.6) is 0 Å². The van der Waals surface area contributed by atoms with Crippen molar-refractivity contribution in [3.63, 3.8) is 0 Å². The van der Waals surface area contributed by atoms with Crippen molar-refractivity contribution in [3.8, 4) is 0 Å². The summed E-state index contributed by atoms with van der Waals surface area (Å²) in [5.74, 6) is -4.21. The maximum absolute atomic E-state index is 12.4. The number of aliphatic carboxylic acids is 1. The number of hydrogen-bond acceptors (Lipinski definition) is 4. The monoisotopic (exact) mass is 284 g/mol. The first kappa shape index (κ1) is 16.2. The minimum Gasteiger partial charge on any atom is -0.481 e. The third kappa shape index (κ3) is 5.75. The zero-order valence-electron chi connectivity index (χ0n) is 10.7. The molecule has 0 aromatic heterocycles. The quantitative estimate of drug-likeness (QED) is 0.746. The van der Waals surface area contributed by atoms with Gasteiger partial charge in [-0.3, -0.25) is 9.69 Å². The predicted octanol–water partition coefficient (Wildman–Crippen LogP) is 0.560. The molecule has 5 nitrogen and oxygen atoms in total. The van der Waals surface area contributed by atoms with Gasteiger partial charge in [-0.2, -0.15) is 13.2 Å². The summed E-state index contributed by atoms with van der Waals surface area (Å²) < 4.78 is 42.5. The lowest BCUT2D eigenvalue weighted by molar-refractivity contribution is -0.192. The van der Waals surface area contributed by atoms with Crippen LogP contribution in [0.15, 0.2) is 0 Å². The van der Waals surface area contributed by atoms with Crippen molar-refractivity contribution in [2.24, 2.45) is 5.92 Å². The number of carboxylic acids is 1. The number of carbonyl (C=O) groups is 1. The van der Waals surface area contributed by atoms with Gasteiger partial charge < -0.3 is 15.2 Å². The number of nitrogens with one attached hydrogen (secondary N) is 1. The summed E-state index contributed by atoms with van der Waals surface area (Å²) in [5.41, 5.74) is 0. The number of carboxylic acid groups (broad SMARTS) is 1. The molecule has 1 saturated heterocycles. The normalized spacial score (nSPS) is 21.1. The number of alkyl halides is 3. The summed E-state index contributed by atoms with van der Waals surface area (Å²) >= 11 is 0. The molecule has 2 unspecified atom stereocenters. The highest BCUT2D eigenvalue weighted by Gasteiger charge is 2.44. The van der Waals surface area contributed by atoms with Crippen molar-refractivity contribution < 1.29 is 27.8 Å². The Morgan fingerprint density at radius 2 is 2.00 bits per heavy atom. The number of nitrogens with zero attached hydrogens (tertiary/aromatic N) is 1. The summed E-state index contributed by atoms with van der Waals surface area (Å²) in [6.07, 6.45) is -4.72. The van der Waals surface area contributed by atoms with Crippen LogP contribution in [0, 0.1) is 5.92 Å². The number of rotatable bonds is 6. The van der Waals surface area contributed by atoms with E-state index in [9.17, 15) is 18.0 Å². The van der Waals surface area contributed by atoms with E-state index < -0.39 is 24.6 Å². The molecule has 0 aromatic rings. The maximum atomic E-state index is 12.4. The van der Waals surface area contributed by atoms with Gasteiger partial charge in [0.25, 0.3) is 0 Å². The third-order valence-electron chi connectivity index (χ3n) is 3.00. The molecule has 1 aliphatic heterocycles. The lowest BCUT2D eigenvalue weighted by Gasteiger charge is -2.30. The molecule has 0 amide bonds. The fourth-order valence-electron chi connectivity index (χ4n) is 1.90. The zero-order valence-corrected chi connectivity index (χ0v) is 10.7. The van der Waals surface area contributed by atoms with Crippen LogP contribution < -0.4 is 5.32 Å². The summed E-state index contributed by atoms with van der Waals surface area (Å²) in [4.78, 5) is 12.6. The van der Waals surface area contributed by atoms with Crippen LogP contribution in [0.25, 0.3) is 0 Å². The van der Waals surface area contributed by atoms with E-state index in [1.54, 1.807) is 6.92 Å². The predicted molar refractivity (Wildman–Crippen MR) is 61.9 cm³/mol. The van der Waals surface area contributed by atoms with Crippen LogP contribution in [0.1, 0.15) is 6.92 Å². The lowest BCUT2D eigenvalue weighted by atomic mass is 10.1. The van der Waals surface area contributed by atoms with E-state index in [1.165, 1.54) is 0 Å². The highest BCUT2D eigenvalue weighted by atomic mass is 19.4. The zero-order chi connectivity index (χ0) is 14.5. The van der Waals surface area contributed by atoms with Crippen LogP contribution in [-0.4, -0.2) is 67.6 Å². The van der Waals surface area contributed by atoms with E-state index in [0.29, 0.717) is 19.8 Å². The van der Waals surface area contributed by atoms with Crippen molar-refractivity contribution in [2.45, 2.75) is 19.1 Å². The molecular weight excluding hydrogens is 265 g/mol. The van der Waals surface area contributed by atoms with Gasteiger partial charge in [0.15, 0.2) is 5.92 Å². The van der Waals surface area contributed by atoms with Crippen LogP contribution in [-0.2, 0) is 9.53 Å². The highest BCUT2D eigenvalue weighted by molar-refractivity contribution is 5.71. The minimum atomic E-state index is -4.72. The Morgan fingerprint density at radius 3 is 2.47 bits per heavy atom. The van der Waals surface area contributed by atoms with E-state index in [2.05, 4.69) is 10.2 Å². The summed E-state index contributed by atoms with van der Waals surface area (Å²) in [5, 5.41) is 11.2. The first-order valence-corrected chi connectivity index (χ1v) is 6.13. The average molecular weight is 284 g/mol. The topological polar surface area (TPSA) is 61.8 Å². The van der Waals surface area contributed by atoms with Crippen molar-refractivity contribution in [3.05, 3.63) is 0 Å². The van der Waals surface area contributed by atoms with Gasteiger partial charge in [0, 0.05) is 32.2 Å². The number of hydrogen-bond donors (Lipinski definition) is 2. The van der Waals surface area contributed by atoms with Gasteiger partial charge in [-0.25, -0.2) is 0 Å². The molecule has 112 valence electrons. The van der Waals surface area contributed by atoms with Crippen LogP contribution in [0.4, 0.5) is 13.2 Å². The van der Waals surface area contributed by atoms with E-state index in [-0.39, 0.29) is 6.04 Å². The number of ether oxygens (including phenoxy) is 1. The third-order valence-corrected chi connectivity index (χ3v) is 3.00. The molecule has 0 aliphatic carbocycles. The van der Waals surface area contributed by atoms with E-state index in [1.807, 2.05) is 0 Å². The van der Waals surface area contributed by atoms with E-state index >= 15 is 0 Å². The average Bonchev–Trinajstić information content (AvgIpc) is 2.28. The smallest absolute Gasteiger partial charge is 0.403 e. The Labute approximate surface area is 109 Å². The second kappa shape index (κ2) is 7.06. The standard InChI is InChI=1S/C11H19F3N2O3/c1-8(7-16-2-4-19-5-3-16)15-6-9(10(17)18)11(12,13)14/h8-9,15H,2-7H2,1H3,(H,17,18). The molecule has 2 atom stereocenters. The van der Waals surface area contributed by atoms with E-state index in [4.69, 9.17) is 9.84 Å². The first-order valence-electron chi connectivity index (χ1n) is 6.13. The Kier molecular flexibility index (Phi) is 6.02. The Hall–Kier alpha value is -0.860. The van der Waals surface area contributed by atoms with Crippen LogP contribution in [0.3, 0.4) is 0 Å². The van der Waals surface area contributed by atoms with Gasteiger partial charge in [0.05, 0.1) is 13.2 Å². The van der Waals surface area contributed by atoms with Crippen LogP contribution >= 0.6 is 0 Å². The summed E-state index contributed by atoms with van der Waals surface area (Å²) in [6, 6.07) is -0.206. The van der Waals surface area contributed by atoms with Gasteiger partial charge in [-0.1, -0.05) is 0 Å². The molecule has 0 radical (unpaired) electrons. The molecule has 0 bridgehead atoms. The first-order chi connectivity index (χ1) is 8.80. The van der Waals surface area contributed by atoms with Crippen molar-refractivity contribution in [1.82, 2.24) is 10.2 Å². The molecule has 1 heterocycles. The Balaban J connectivity index is 2.35. The lowest BCUT2D eigenvalue weighted by Crippen LogP contribution is -2.47. The maximum Gasteiger partial charge on any atom is 0.403 e. The minimum absolute atomic E-state index is 0.206. The van der Waals surface area contributed by atoms with Gasteiger partial charge in [-0.15, -0.1) is 0 Å². The number of halogens is 3. The van der Waals surface area contributed by atoms with Gasteiger partial charge in [0.2, 0.25) is 0 Å². The van der Waals surface area contributed by atoms with Crippen LogP contribution in [0.2, 0.25) is 0 Å². The Morgan fingerprint density at radius 1 is 1.42 bits per heavy atom. The highest BCUT2D eigenvalue weighted by Crippen LogP contribution is 2.25. The van der Waals surface area contributed by atoms with Gasteiger partial charge in [-0.05, 0) is 6.92 Å². The molecule has 1 fully saturated rings. The molecule has 0 aromatic carbocycles. The van der Waals surface area contributed by atoms with Crippen molar-refractivity contribution in [1.29, 1.82) is 0 Å². The second-order valence-corrected chi connectivity index (χ2v) is 4.65. The van der Waals surface area contributed by atoms with E-state index in [0.717, 1.165) is 13.1 Å². The molecular formula is C11H19F3N2O3.